The summed E-state index contributed by atoms with van der Waals surface area (Å²) in [5.74, 6) is 1.37. The third-order valence-corrected chi connectivity index (χ3v) is 5.41. The van der Waals surface area contributed by atoms with Gasteiger partial charge in [-0.25, -0.2) is 0 Å². The van der Waals surface area contributed by atoms with Crippen LogP contribution in [0.5, 0.6) is 0 Å². The summed E-state index contributed by atoms with van der Waals surface area (Å²) in [5, 5.41) is 14.6. The van der Waals surface area contributed by atoms with Crippen molar-refractivity contribution in [3.8, 4) is 0 Å². The van der Waals surface area contributed by atoms with E-state index in [-0.39, 0.29) is 5.91 Å². The topological polar surface area (TPSA) is 59.8 Å². The van der Waals surface area contributed by atoms with Gasteiger partial charge >= 0.3 is 0 Å². The van der Waals surface area contributed by atoms with Gasteiger partial charge in [0.25, 0.3) is 0 Å². The van der Waals surface area contributed by atoms with Crippen LogP contribution in [0.3, 0.4) is 0 Å². The summed E-state index contributed by atoms with van der Waals surface area (Å²) in [6.07, 6.45) is 4.54. The van der Waals surface area contributed by atoms with E-state index in [4.69, 9.17) is 0 Å². The molecule has 0 spiro atoms. The number of carbonyl (C=O) groups excluding carboxylic acids is 1. The van der Waals surface area contributed by atoms with Crippen LogP contribution in [0.4, 0.5) is 5.69 Å². The van der Waals surface area contributed by atoms with Gasteiger partial charge in [-0.3, -0.25) is 4.79 Å². The first-order valence-corrected chi connectivity index (χ1v) is 9.62. The fourth-order valence-corrected chi connectivity index (χ4v) is 3.94. The number of aromatic nitrogens is 3. The molecule has 0 fully saturated rings. The summed E-state index contributed by atoms with van der Waals surface area (Å²) < 4.78 is 2.17. The maximum atomic E-state index is 12.3. The third-order valence-electron chi connectivity index (χ3n) is 4.44. The second-order valence-corrected chi connectivity index (χ2v) is 7.20. The lowest BCUT2D eigenvalue weighted by atomic mass is 10.1. The first kappa shape index (κ1) is 16.1. The lowest BCUT2D eigenvalue weighted by Gasteiger charge is -2.08. The van der Waals surface area contributed by atoms with Crippen LogP contribution in [0, 0.1) is 0 Å². The van der Waals surface area contributed by atoms with E-state index in [0.717, 1.165) is 41.4 Å². The molecular weight excluding hydrogens is 332 g/mol. The van der Waals surface area contributed by atoms with E-state index in [1.165, 1.54) is 30.0 Å². The Balaban J connectivity index is 1.39. The quantitative estimate of drug-likeness (QED) is 0.724. The SMILES string of the molecule is O=C(CSc1nnc2n1CCCCC2)Nc1ccc2ccccc2c1. The Morgan fingerprint density at radius 3 is 2.88 bits per heavy atom. The first-order valence-electron chi connectivity index (χ1n) is 8.63. The zero-order valence-electron chi connectivity index (χ0n) is 13.9. The molecule has 25 heavy (non-hydrogen) atoms. The van der Waals surface area contributed by atoms with Crippen LogP contribution in [0.25, 0.3) is 10.8 Å². The summed E-state index contributed by atoms with van der Waals surface area (Å²) in [6, 6.07) is 14.1. The normalized spacial score (nSPS) is 14.1. The van der Waals surface area contributed by atoms with Gasteiger partial charge < -0.3 is 9.88 Å². The molecule has 0 saturated heterocycles. The second kappa shape index (κ2) is 7.27. The number of anilines is 1. The molecule has 0 unspecified atom stereocenters. The fourth-order valence-electron chi connectivity index (χ4n) is 3.16. The highest BCUT2D eigenvalue weighted by molar-refractivity contribution is 7.99. The molecule has 1 aliphatic heterocycles. The van der Waals surface area contributed by atoms with Gasteiger partial charge in [0.05, 0.1) is 5.75 Å². The van der Waals surface area contributed by atoms with E-state index in [0.29, 0.717) is 5.75 Å². The van der Waals surface area contributed by atoms with Crippen LogP contribution in [0.2, 0.25) is 0 Å². The highest BCUT2D eigenvalue weighted by Gasteiger charge is 2.16. The number of benzene rings is 2. The van der Waals surface area contributed by atoms with Crippen molar-refractivity contribution in [1.29, 1.82) is 0 Å². The molecule has 1 N–H and O–H groups in total. The number of hydrogen-bond donors (Lipinski definition) is 1. The van der Waals surface area contributed by atoms with Crippen molar-refractivity contribution in [2.75, 3.05) is 11.1 Å². The zero-order chi connectivity index (χ0) is 17.1. The van der Waals surface area contributed by atoms with Gasteiger partial charge in [0.15, 0.2) is 5.16 Å². The van der Waals surface area contributed by atoms with Crippen LogP contribution in [0.15, 0.2) is 47.6 Å². The molecule has 0 saturated carbocycles. The molecule has 2 heterocycles. The number of thioether (sulfide) groups is 1. The van der Waals surface area contributed by atoms with Gasteiger partial charge in [0, 0.05) is 18.7 Å². The number of nitrogens with zero attached hydrogens (tertiary/aromatic N) is 3. The summed E-state index contributed by atoms with van der Waals surface area (Å²) >= 11 is 1.46. The molecule has 3 aromatic rings. The number of amides is 1. The highest BCUT2D eigenvalue weighted by Crippen LogP contribution is 2.23. The van der Waals surface area contributed by atoms with E-state index in [1.807, 2.05) is 36.4 Å². The van der Waals surface area contributed by atoms with Gasteiger partial charge in [-0.05, 0) is 35.7 Å². The largest absolute Gasteiger partial charge is 0.325 e. The average Bonchev–Trinajstić information content (AvgIpc) is 2.86. The second-order valence-electron chi connectivity index (χ2n) is 6.26. The molecule has 2 aromatic carbocycles. The van der Waals surface area contributed by atoms with Crippen LogP contribution < -0.4 is 5.32 Å². The molecule has 4 rings (SSSR count). The van der Waals surface area contributed by atoms with Crippen molar-refractivity contribution in [2.45, 2.75) is 37.4 Å². The van der Waals surface area contributed by atoms with E-state index in [9.17, 15) is 4.79 Å². The predicted octanol–water partition coefficient (Wildman–Crippen LogP) is 3.89. The molecule has 128 valence electrons. The zero-order valence-corrected chi connectivity index (χ0v) is 14.8. The smallest absolute Gasteiger partial charge is 0.234 e. The minimum atomic E-state index is -0.0220. The fraction of sp³-hybridized carbons (Fsp3) is 0.316. The Bertz CT molecular complexity index is 905. The summed E-state index contributed by atoms with van der Waals surface area (Å²) in [4.78, 5) is 12.3. The molecule has 1 amide bonds. The first-order chi connectivity index (χ1) is 12.3. The predicted molar refractivity (Wildman–Crippen MR) is 101 cm³/mol. The van der Waals surface area contributed by atoms with Crippen molar-refractivity contribution in [3.63, 3.8) is 0 Å². The minimum Gasteiger partial charge on any atom is -0.325 e. The van der Waals surface area contributed by atoms with Crippen LogP contribution in [-0.4, -0.2) is 26.4 Å². The molecule has 0 atom stereocenters. The molecule has 1 aromatic heterocycles. The van der Waals surface area contributed by atoms with Crippen LogP contribution in [-0.2, 0) is 17.8 Å². The molecule has 1 aliphatic rings. The van der Waals surface area contributed by atoms with Gasteiger partial charge in [-0.15, -0.1) is 10.2 Å². The number of fused-ring (bicyclic) bond motifs is 2. The van der Waals surface area contributed by atoms with Gasteiger partial charge in [0.1, 0.15) is 5.82 Å². The maximum absolute atomic E-state index is 12.3. The Labute approximate surface area is 150 Å². The van der Waals surface area contributed by atoms with Crippen molar-refractivity contribution >= 4 is 34.1 Å². The summed E-state index contributed by atoms with van der Waals surface area (Å²) in [7, 11) is 0. The van der Waals surface area contributed by atoms with Gasteiger partial charge in [-0.1, -0.05) is 48.5 Å². The Morgan fingerprint density at radius 1 is 1.08 bits per heavy atom. The monoisotopic (exact) mass is 352 g/mol. The number of rotatable bonds is 4. The number of hydrogen-bond acceptors (Lipinski definition) is 4. The number of carbonyl (C=O) groups is 1. The summed E-state index contributed by atoms with van der Waals surface area (Å²) in [5.41, 5.74) is 0.823. The van der Waals surface area contributed by atoms with Gasteiger partial charge in [-0.2, -0.15) is 0 Å². The Hall–Kier alpha value is -2.34. The molecule has 0 radical (unpaired) electrons. The average molecular weight is 352 g/mol. The Kier molecular flexibility index (Phi) is 4.70. The highest BCUT2D eigenvalue weighted by atomic mass is 32.2. The van der Waals surface area contributed by atoms with E-state index < -0.39 is 0 Å². The molecule has 5 nitrogen and oxygen atoms in total. The number of aryl methyl sites for hydroxylation is 1. The van der Waals surface area contributed by atoms with Crippen molar-refractivity contribution in [1.82, 2.24) is 14.8 Å². The lowest BCUT2D eigenvalue weighted by Crippen LogP contribution is -2.14. The molecule has 0 aliphatic carbocycles. The number of nitrogens with one attached hydrogen (secondary N) is 1. The third kappa shape index (κ3) is 3.69. The van der Waals surface area contributed by atoms with E-state index in [1.54, 1.807) is 0 Å². The van der Waals surface area contributed by atoms with Crippen molar-refractivity contribution < 1.29 is 4.79 Å². The van der Waals surface area contributed by atoms with Crippen molar-refractivity contribution in [2.24, 2.45) is 0 Å². The maximum Gasteiger partial charge on any atom is 0.234 e. The van der Waals surface area contributed by atoms with E-state index in [2.05, 4.69) is 26.1 Å². The Morgan fingerprint density at radius 2 is 1.96 bits per heavy atom. The molecule has 6 heteroatoms. The van der Waals surface area contributed by atoms with Crippen molar-refractivity contribution in [3.05, 3.63) is 48.3 Å². The van der Waals surface area contributed by atoms with Gasteiger partial charge in [0.2, 0.25) is 5.91 Å². The van der Waals surface area contributed by atoms with E-state index >= 15 is 0 Å². The minimum absolute atomic E-state index is 0.0220. The van der Waals surface area contributed by atoms with Crippen LogP contribution >= 0.6 is 11.8 Å². The molecular formula is C19H20N4OS. The lowest BCUT2D eigenvalue weighted by molar-refractivity contribution is -0.113. The summed E-state index contributed by atoms with van der Waals surface area (Å²) in [6.45, 7) is 0.955. The van der Waals surface area contributed by atoms with Crippen LogP contribution in [0.1, 0.15) is 25.1 Å². The molecule has 0 bridgehead atoms. The standard InChI is InChI=1S/C19H20N4OS/c24-18(20-16-10-9-14-6-3-4-7-15(14)12-16)13-25-19-22-21-17-8-2-1-5-11-23(17)19/h3-4,6-7,9-10,12H,1-2,5,8,11,13H2,(H,20,24).